The molecule has 1 saturated heterocycles. The van der Waals surface area contributed by atoms with Gasteiger partial charge in [0.1, 0.15) is 0 Å². The summed E-state index contributed by atoms with van der Waals surface area (Å²) in [5.74, 6) is 0.278. The average Bonchev–Trinajstić information content (AvgIpc) is 2.40. The van der Waals surface area contributed by atoms with Gasteiger partial charge in [-0.25, -0.2) is 0 Å². The summed E-state index contributed by atoms with van der Waals surface area (Å²) in [4.78, 5) is 0. The van der Waals surface area contributed by atoms with Crippen molar-refractivity contribution in [3.05, 3.63) is 54.1 Å². The summed E-state index contributed by atoms with van der Waals surface area (Å²) in [5.41, 5.74) is 1.20. The number of allylic oxidation sites excluding steroid dienone is 2. The SMILES string of the molecule is C[C@H]1[C@H](/C=C/C=C/c2ccccc2)NCC[C@@H]1O. The minimum atomic E-state index is -0.181. The highest BCUT2D eigenvalue weighted by molar-refractivity contribution is 5.50. The van der Waals surface area contributed by atoms with E-state index < -0.39 is 0 Å². The lowest BCUT2D eigenvalue weighted by molar-refractivity contribution is 0.0726. The Hall–Kier alpha value is -1.38. The van der Waals surface area contributed by atoms with Crippen LogP contribution in [0.15, 0.2) is 48.6 Å². The van der Waals surface area contributed by atoms with Crippen molar-refractivity contribution in [2.24, 2.45) is 5.92 Å². The van der Waals surface area contributed by atoms with E-state index >= 15 is 0 Å². The molecule has 18 heavy (non-hydrogen) atoms. The zero-order chi connectivity index (χ0) is 12.8. The lowest BCUT2D eigenvalue weighted by atomic mass is 9.89. The summed E-state index contributed by atoms with van der Waals surface area (Å²) in [7, 11) is 0. The first-order valence-corrected chi connectivity index (χ1v) is 6.59. The third kappa shape index (κ3) is 3.56. The van der Waals surface area contributed by atoms with Gasteiger partial charge in [-0.15, -0.1) is 0 Å². The number of rotatable bonds is 3. The van der Waals surface area contributed by atoms with Crippen LogP contribution in [0.2, 0.25) is 0 Å². The smallest absolute Gasteiger partial charge is 0.0595 e. The normalized spacial score (nSPS) is 29.1. The van der Waals surface area contributed by atoms with Gasteiger partial charge < -0.3 is 10.4 Å². The molecule has 0 radical (unpaired) electrons. The second-order valence-corrected chi connectivity index (χ2v) is 4.85. The van der Waals surface area contributed by atoms with Crippen molar-refractivity contribution in [2.75, 3.05) is 6.54 Å². The van der Waals surface area contributed by atoms with Gasteiger partial charge in [0.25, 0.3) is 0 Å². The molecule has 0 amide bonds. The second-order valence-electron chi connectivity index (χ2n) is 4.85. The molecule has 2 rings (SSSR count). The van der Waals surface area contributed by atoms with Gasteiger partial charge in [0.15, 0.2) is 0 Å². The number of hydrogen-bond acceptors (Lipinski definition) is 2. The van der Waals surface area contributed by atoms with Gasteiger partial charge in [-0.1, -0.05) is 61.6 Å². The first-order chi connectivity index (χ1) is 8.77. The molecule has 0 saturated carbocycles. The van der Waals surface area contributed by atoms with Crippen molar-refractivity contribution in [2.45, 2.75) is 25.5 Å². The highest BCUT2D eigenvalue weighted by atomic mass is 16.3. The van der Waals surface area contributed by atoms with E-state index in [0.29, 0.717) is 0 Å². The van der Waals surface area contributed by atoms with E-state index in [0.717, 1.165) is 13.0 Å². The van der Waals surface area contributed by atoms with E-state index in [1.807, 2.05) is 24.3 Å². The van der Waals surface area contributed by atoms with Crippen molar-refractivity contribution in [1.29, 1.82) is 0 Å². The lowest BCUT2D eigenvalue weighted by Crippen LogP contribution is -2.46. The third-order valence-electron chi connectivity index (χ3n) is 3.51. The fraction of sp³-hybridized carbons (Fsp3) is 0.375. The minimum absolute atomic E-state index is 0.181. The fourth-order valence-electron chi connectivity index (χ4n) is 2.24. The van der Waals surface area contributed by atoms with E-state index in [1.165, 1.54) is 5.56 Å². The van der Waals surface area contributed by atoms with Crippen LogP contribution in [0.1, 0.15) is 18.9 Å². The van der Waals surface area contributed by atoms with Gasteiger partial charge in [-0.3, -0.25) is 0 Å². The molecular formula is C16H21NO. The molecule has 1 aliphatic rings. The number of nitrogens with one attached hydrogen (secondary N) is 1. The maximum atomic E-state index is 9.79. The van der Waals surface area contributed by atoms with Gasteiger partial charge in [-0.05, 0) is 18.5 Å². The van der Waals surface area contributed by atoms with E-state index in [9.17, 15) is 5.11 Å². The average molecular weight is 243 g/mol. The number of piperidine rings is 1. The maximum absolute atomic E-state index is 9.79. The molecule has 2 N–H and O–H groups in total. The van der Waals surface area contributed by atoms with E-state index in [-0.39, 0.29) is 18.1 Å². The highest BCUT2D eigenvalue weighted by Crippen LogP contribution is 2.17. The van der Waals surface area contributed by atoms with Crippen molar-refractivity contribution in [3.63, 3.8) is 0 Å². The van der Waals surface area contributed by atoms with Gasteiger partial charge in [0.2, 0.25) is 0 Å². The Balaban J connectivity index is 1.89. The third-order valence-corrected chi connectivity index (χ3v) is 3.51. The first kappa shape index (κ1) is 13.1. The molecule has 0 unspecified atom stereocenters. The van der Waals surface area contributed by atoms with E-state index in [2.05, 4.69) is 42.6 Å². The van der Waals surface area contributed by atoms with Crippen LogP contribution in [0, 0.1) is 5.92 Å². The molecule has 96 valence electrons. The van der Waals surface area contributed by atoms with Crippen LogP contribution < -0.4 is 5.32 Å². The number of aliphatic hydroxyl groups excluding tert-OH is 1. The van der Waals surface area contributed by atoms with Crippen LogP contribution in [0.4, 0.5) is 0 Å². The fourth-order valence-corrected chi connectivity index (χ4v) is 2.24. The number of benzene rings is 1. The summed E-state index contributed by atoms with van der Waals surface area (Å²) in [6, 6.07) is 10.5. The quantitative estimate of drug-likeness (QED) is 0.800. The summed E-state index contributed by atoms with van der Waals surface area (Å²) in [6.45, 7) is 2.98. The Kier molecular flexibility index (Phi) is 4.73. The standard InChI is InChI=1S/C16H21NO/c1-13-15(17-12-11-16(13)18)10-6-5-9-14-7-3-2-4-8-14/h2-10,13,15-18H,11-12H2,1H3/b9-5+,10-6+/t13-,15-,16-/m0/s1. The first-order valence-electron chi connectivity index (χ1n) is 6.59. The molecule has 2 heteroatoms. The Morgan fingerprint density at radius 1 is 1.22 bits per heavy atom. The summed E-state index contributed by atoms with van der Waals surface area (Å²) in [5, 5.41) is 13.2. The van der Waals surface area contributed by atoms with Crippen LogP contribution in [0.25, 0.3) is 6.08 Å². The van der Waals surface area contributed by atoms with Gasteiger partial charge in [-0.2, -0.15) is 0 Å². The largest absolute Gasteiger partial charge is 0.393 e. The Morgan fingerprint density at radius 2 is 2.00 bits per heavy atom. The minimum Gasteiger partial charge on any atom is -0.393 e. The van der Waals surface area contributed by atoms with Crippen LogP contribution >= 0.6 is 0 Å². The van der Waals surface area contributed by atoms with Gasteiger partial charge in [0, 0.05) is 12.0 Å². The number of aliphatic hydroxyl groups is 1. The molecule has 3 atom stereocenters. The zero-order valence-electron chi connectivity index (χ0n) is 10.8. The van der Waals surface area contributed by atoms with E-state index in [1.54, 1.807) is 0 Å². The van der Waals surface area contributed by atoms with Crippen LogP contribution in [0.3, 0.4) is 0 Å². The summed E-state index contributed by atoms with van der Waals surface area (Å²) >= 11 is 0. The Morgan fingerprint density at radius 3 is 2.78 bits per heavy atom. The molecule has 1 aromatic carbocycles. The predicted octanol–water partition coefficient (Wildman–Crippen LogP) is 2.61. The van der Waals surface area contributed by atoms with Crippen molar-refractivity contribution < 1.29 is 5.11 Å². The monoisotopic (exact) mass is 243 g/mol. The molecular weight excluding hydrogens is 222 g/mol. The lowest BCUT2D eigenvalue weighted by Gasteiger charge is -2.32. The molecule has 1 aromatic rings. The summed E-state index contributed by atoms with van der Waals surface area (Å²) < 4.78 is 0. The van der Waals surface area contributed by atoms with Crippen LogP contribution in [-0.2, 0) is 0 Å². The van der Waals surface area contributed by atoms with Crippen LogP contribution in [0.5, 0.6) is 0 Å². The van der Waals surface area contributed by atoms with Crippen molar-refractivity contribution >= 4 is 6.08 Å². The van der Waals surface area contributed by atoms with Gasteiger partial charge >= 0.3 is 0 Å². The second kappa shape index (κ2) is 6.53. The Labute approximate surface area is 109 Å². The molecule has 0 spiro atoms. The highest BCUT2D eigenvalue weighted by Gasteiger charge is 2.25. The zero-order valence-corrected chi connectivity index (χ0v) is 10.8. The molecule has 1 aliphatic heterocycles. The van der Waals surface area contributed by atoms with Crippen LogP contribution in [-0.4, -0.2) is 23.8 Å². The predicted molar refractivity (Wildman–Crippen MR) is 76.2 cm³/mol. The maximum Gasteiger partial charge on any atom is 0.0595 e. The Bertz CT molecular complexity index is 410. The molecule has 1 fully saturated rings. The molecule has 0 aromatic heterocycles. The molecule has 1 heterocycles. The van der Waals surface area contributed by atoms with E-state index in [4.69, 9.17) is 0 Å². The molecule has 0 aliphatic carbocycles. The summed E-state index contributed by atoms with van der Waals surface area (Å²) in [6.07, 6.45) is 8.99. The van der Waals surface area contributed by atoms with Gasteiger partial charge in [0.05, 0.1) is 6.10 Å². The molecule has 0 bridgehead atoms. The van der Waals surface area contributed by atoms with Crippen molar-refractivity contribution in [3.8, 4) is 0 Å². The topological polar surface area (TPSA) is 32.3 Å². The number of hydrogen-bond donors (Lipinski definition) is 2. The molecule has 2 nitrogen and oxygen atoms in total. The van der Waals surface area contributed by atoms with Crippen molar-refractivity contribution in [1.82, 2.24) is 5.32 Å².